The molecule has 0 saturated carbocycles. The Morgan fingerprint density at radius 1 is 1.27 bits per heavy atom. The summed E-state index contributed by atoms with van der Waals surface area (Å²) in [7, 11) is 3.11. The number of aromatic nitrogens is 1. The normalized spacial score (nSPS) is 16.5. The van der Waals surface area contributed by atoms with E-state index < -0.39 is 23.3 Å². The van der Waals surface area contributed by atoms with Crippen molar-refractivity contribution < 1.29 is 27.3 Å². The van der Waals surface area contributed by atoms with Gasteiger partial charge in [-0.3, -0.25) is 9.59 Å². The number of hydrogen-bond acceptors (Lipinski definition) is 6. The van der Waals surface area contributed by atoms with E-state index in [0.717, 1.165) is 12.1 Å². The van der Waals surface area contributed by atoms with Crippen LogP contribution in [0.25, 0.3) is 0 Å². The molecule has 1 saturated heterocycles. The second kappa shape index (κ2) is 9.13. The summed E-state index contributed by atoms with van der Waals surface area (Å²) in [4.78, 5) is 30.4. The van der Waals surface area contributed by atoms with Crippen molar-refractivity contribution in [2.24, 2.45) is 0 Å². The highest BCUT2D eigenvalue weighted by Gasteiger charge is 2.38. The highest BCUT2D eigenvalue weighted by molar-refractivity contribution is 5.89. The number of halogens is 3. The predicted molar refractivity (Wildman–Crippen MR) is 112 cm³/mol. The highest BCUT2D eigenvalue weighted by atomic mass is 19.4. The van der Waals surface area contributed by atoms with E-state index in [9.17, 15) is 22.8 Å². The van der Waals surface area contributed by atoms with Crippen molar-refractivity contribution >= 4 is 17.5 Å². The summed E-state index contributed by atoms with van der Waals surface area (Å²) in [6.07, 6.45) is -4.68. The fraction of sp³-hybridized carbons (Fsp3) is 0.455. The fourth-order valence-corrected chi connectivity index (χ4v) is 3.89. The number of nitriles is 1. The van der Waals surface area contributed by atoms with Crippen LogP contribution in [0.5, 0.6) is 0 Å². The van der Waals surface area contributed by atoms with Crippen LogP contribution in [0.1, 0.15) is 28.1 Å². The molecule has 3 rings (SSSR count). The number of carbonyl (C=O) groups is 2. The van der Waals surface area contributed by atoms with Crippen molar-refractivity contribution in [3.05, 3.63) is 46.3 Å². The van der Waals surface area contributed by atoms with Crippen LogP contribution in [0.3, 0.4) is 0 Å². The van der Waals surface area contributed by atoms with Crippen LogP contribution < -0.4 is 4.90 Å². The van der Waals surface area contributed by atoms with E-state index in [1.807, 2.05) is 0 Å². The largest absolute Gasteiger partial charge is 0.417 e. The number of alkyl halides is 3. The molecule has 0 bridgehead atoms. The number of rotatable bonds is 4. The minimum absolute atomic E-state index is 0.00740. The van der Waals surface area contributed by atoms with E-state index in [1.54, 1.807) is 38.9 Å². The molecule has 1 aromatic carbocycles. The zero-order valence-corrected chi connectivity index (χ0v) is 18.7. The van der Waals surface area contributed by atoms with Crippen LogP contribution in [-0.4, -0.2) is 66.5 Å². The number of nitrogens with zero attached hydrogens (tertiary/aromatic N) is 5. The Hall–Kier alpha value is -3.55. The van der Waals surface area contributed by atoms with Crippen LogP contribution in [0.4, 0.5) is 18.9 Å². The standard InChI is InChI=1S/C22H24F3N5O3/c1-13-17(14(2)33-27-13)10-20(31)30-8-7-29(12-19(30)21(32)28(3)4)16-6-5-15(11-26)18(9-16)22(23,24)25/h5-6,9,19H,7-8,10,12H2,1-4H3. The van der Waals surface area contributed by atoms with Crippen molar-refractivity contribution in [1.29, 1.82) is 5.26 Å². The quantitative estimate of drug-likeness (QED) is 0.692. The first-order valence-corrected chi connectivity index (χ1v) is 10.2. The summed E-state index contributed by atoms with van der Waals surface area (Å²) in [6, 6.07) is 4.14. The number of amides is 2. The third-order valence-corrected chi connectivity index (χ3v) is 5.73. The van der Waals surface area contributed by atoms with Crippen molar-refractivity contribution in [3.8, 4) is 6.07 Å². The van der Waals surface area contributed by atoms with Crippen LogP contribution in [0, 0.1) is 25.2 Å². The Kier molecular flexibility index (Phi) is 6.67. The van der Waals surface area contributed by atoms with E-state index in [4.69, 9.17) is 9.78 Å². The Labute approximate surface area is 189 Å². The molecule has 1 aromatic heterocycles. The van der Waals surface area contributed by atoms with Gasteiger partial charge in [0.2, 0.25) is 11.8 Å². The van der Waals surface area contributed by atoms with E-state index in [1.165, 1.54) is 15.9 Å². The van der Waals surface area contributed by atoms with Gasteiger partial charge in [-0.2, -0.15) is 18.4 Å². The molecule has 176 valence electrons. The maximum Gasteiger partial charge on any atom is 0.417 e. The van der Waals surface area contributed by atoms with Gasteiger partial charge in [-0.15, -0.1) is 0 Å². The van der Waals surface area contributed by atoms with Crippen molar-refractivity contribution in [2.75, 3.05) is 38.6 Å². The van der Waals surface area contributed by atoms with Crippen LogP contribution >= 0.6 is 0 Å². The summed E-state index contributed by atoms with van der Waals surface area (Å²) in [5.74, 6) is -0.108. The monoisotopic (exact) mass is 463 g/mol. The summed E-state index contributed by atoms with van der Waals surface area (Å²) < 4.78 is 45.3. The molecule has 2 amide bonds. The van der Waals surface area contributed by atoms with Gasteiger partial charge < -0.3 is 19.2 Å². The first-order chi connectivity index (χ1) is 15.4. The lowest BCUT2D eigenvalue weighted by molar-refractivity contribution is -0.144. The number of carbonyl (C=O) groups excluding carboxylic acids is 2. The number of hydrogen-bond donors (Lipinski definition) is 0. The molecule has 33 heavy (non-hydrogen) atoms. The van der Waals surface area contributed by atoms with Gasteiger partial charge in [-0.1, -0.05) is 5.16 Å². The molecule has 2 aromatic rings. The first-order valence-electron chi connectivity index (χ1n) is 10.2. The lowest BCUT2D eigenvalue weighted by Gasteiger charge is -2.42. The molecule has 1 atom stereocenters. The van der Waals surface area contributed by atoms with Gasteiger partial charge in [0, 0.05) is 45.0 Å². The van der Waals surface area contributed by atoms with Crippen LogP contribution in [0.2, 0.25) is 0 Å². The molecule has 0 N–H and O–H groups in total. The van der Waals surface area contributed by atoms with Crippen LogP contribution in [-0.2, 0) is 22.2 Å². The molecule has 8 nitrogen and oxygen atoms in total. The van der Waals surface area contributed by atoms with Crippen LogP contribution in [0.15, 0.2) is 22.7 Å². The van der Waals surface area contributed by atoms with Crippen molar-refractivity contribution in [1.82, 2.24) is 15.0 Å². The zero-order chi connectivity index (χ0) is 24.5. The molecule has 0 spiro atoms. The Bertz CT molecular complexity index is 1080. The summed E-state index contributed by atoms with van der Waals surface area (Å²) in [6.45, 7) is 3.82. The molecule has 0 radical (unpaired) electrons. The molecule has 1 aliphatic heterocycles. The van der Waals surface area contributed by atoms with E-state index in [-0.39, 0.29) is 43.6 Å². The van der Waals surface area contributed by atoms with Gasteiger partial charge in [-0.05, 0) is 32.0 Å². The fourth-order valence-electron chi connectivity index (χ4n) is 3.89. The number of aryl methyl sites for hydroxylation is 2. The van der Waals surface area contributed by atoms with Crippen molar-refractivity contribution in [2.45, 2.75) is 32.5 Å². The predicted octanol–water partition coefficient (Wildman–Crippen LogP) is 2.53. The molecular weight excluding hydrogens is 439 g/mol. The molecule has 1 unspecified atom stereocenters. The third-order valence-electron chi connectivity index (χ3n) is 5.73. The molecule has 11 heteroatoms. The maximum absolute atomic E-state index is 13.4. The Balaban J connectivity index is 1.89. The van der Waals surface area contributed by atoms with Gasteiger partial charge in [-0.25, -0.2) is 0 Å². The first kappa shape index (κ1) is 24.1. The third kappa shape index (κ3) is 4.94. The van der Waals surface area contributed by atoms with Gasteiger partial charge in [0.25, 0.3) is 0 Å². The van der Waals surface area contributed by atoms with Gasteiger partial charge in [0.15, 0.2) is 0 Å². The van der Waals surface area contributed by atoms with Crippen molar-refractivity contribution in [3.63, 3.8) is 0 Å². The lowest BCUT2D eigenvalue weighted by atomic mass is 10.0. The Morgan fingerprint density at radius 3 is 2.52 bits per heavy atom. The average Bonchev–Trinajstić information content (AvgIpc) is 3.09. The second-order valence-electron chi connectivity index (χ2n) is 8.10. The number of piperazine rings is 1. The van der Waals surface area contributed by atoms with E-state index in [2.05, 4.69) is 5.16 Å². The average molecular weight is 463 g/mol. The summed E-state index contributed by atoms with van der Waals surface area (Å²) in [5, 5.41) is 12.9. The number of anilines is 1. The van der Waals surface area contributed by atoms with Gasteiger partial charge in [0.1, 0.15) is 11.8 Å². The SMILES string of the molecule is Cc1noc(C)c1CC(=O)N1CCN(c2ccc(C#N)c(C(F)(F)F)c2)CC1C(=O)N(C)C. The summed E-state index contributed by atoms with van der Waals surface area (Å²) in [5.41, 5.74) is -0.0290. The second-order valence-corrected chi connectivity index (χ2v) is 8.10. The molecule has 2 heterocycles. The van der Waals surface area contributed by atoms with Gasteiger partial charge in [0.05, 0.1) is 29.3 Å². The lowest BCUT2D eigenvalue weighted by Crippen LogP contribution is -2.60. The molecule has 0 aliphatic carbocycles. The smallest absolute Gasteiger partial charge is 0.367 e. The summed E-state index contributed by atoms with van der Waals surface area (Å²) >= 11 is 0. The maximum atomic E-state index is 13.4. The zero-order valence-electron chi connectivity index (χ0n) is 18.7. The Morgan fingerprint density at radius 2 is 1.97 bits per heavy atom. The molecular formula is C22H24F3N5O3. The van der Waals surface area contributed by atoms with E-state index in [0.29, 0.717) is 17.0 Å². The topological polar surface area (TPSA) is 93.7 Å². The molecule has 1 fully saturated rings. The van der Waals surface area contributed by atoms with Gasteiger partial charge >= 0.3 is 6.18 Å². The molecule has 1 aliphatic rings. The number of likely N-dealkylation sites (N-methyl/N-ethyl adjacent to an activating group) is 1. The highest BCUT2D eigenvalue weighted by Crippen LogP contribution is 2.35. The number of benzene rings is 1. The minimum Gasteiger partial charge on any atom is -0.367 e. The minimum atomic E-state index is -4.69. The van der Waals surface area contributed by atoms with E-state index >= 15 is 0 Å².